The van der Waals surface area contributed by atoms with Crippen molar-refractivity contribution >= 4 is 11.8 Å². The average Bonchev–Trinajstić information content (AvgIpc) is 2.21. The average molecular weight is 217 g/mol. The fourth-order valence-electron chi connectivity index (χ4n) is 1.51. The molecule has 0 unspecified atom stereocenters. The first-order chi connectivity index (χ1) is 6.91. The minimum atomic E-state index is 1.18. The van der Waals surface area contributed by atoms with Crippen molar-refractivity contribution < 1.29 is 0 Å². The first-order valence-corrected chi connectivity index (χ1v) is 7.50. The van der Waals surface area contributed by atoms with E-state index in [-0.39, 0.29) is 0 Å². The van der Waals surface area contributed by atoms with E-state index in [1.54, 1.807) is 0 Å². The first kappa shape index (κ1) is 14.3. The minimum absolute atomic E-state index is 1.18. The van der Waals surface area contributed by atoms with Gasteiger partial charge in [-0.05, 0) is 19.2 Å². The van der Waals surface area contributed by atoms with Crippen LogP contribution in [0.15, 0.2) is 0 Å². The number of hydrogen-bond acceptors (Lipinski definition) is 2. The van der Waals surface area contributed by atoms with E-state index in [0.29, 0.717) is 0 Å². The Balaban J connectivity index is 2.78. The van der Waals surface area contributed by atoms with Gasteiger partial charge in [0.05, 0.1) is 0 Å². The van der Waals surface area contributed by atoms with Crippen molar-refractivity contribution in [3.8, 4) is 0 Å². The van der Waals surface area contributed by atoms with Gasteiger partial charge in [0, 0.05) is 12.3 Å². The van der Waals surface area contributed by atoms with E-state index in [2.05, 4.69) is 18.5 Å². The molecule has 1 nitrogen and oxygen atoms in total. The molecule has 0 aromatic rings. The molecule has 86 valence electrons. The van der Waals surface area contributed by atoms with Gasteiger partial charge < -0.3 is 5.32 Å². The zero-order valence-electron chi connectivity index (χ0n) is 9.98. The molecule has 0 atom stereocenters. The summed E-state index contributed by atoms with van der Waals surface area (Å²) in [4.78, 5) is 0. The van der Waals surface area contributed by atoms with Gasteiger partial charge in [0.15, 0.2) is 0 Å². The molecule has 0 aromatic carbocycles. The molecule has 0 radical (unpaired) electrons. The maximum absolute atomic E-state index is 3.47. The molecule has 0 rings (SSSR count). The molecule has 0 aliphatic heterocycles. The summed E-state index contributed by atoms with van der Waals surface area (Å²) in [5.74, 6) is 1.25. The molecule has 2 heteroatoms. The fraction of sp³-hybridized carbons (Fsp3) is 1.00. The van der Waals surface area contributed by atoms with Gasteiger partial charge >= 0.3 is 0 Å². The minimum Gasteiger partial charge on any atom is -0.316 e. The summed E-state index contributed by atoms with van der Waals surface area (Å²) in [7, 11) is 0. The molecule has 1 N–H and O–H groups in total. The highest BCUT2D eigenvalue weighted by Gasteiger charge is 1.90. The highest BCUT2D eigenvalue weighted by Crippen LogP contribution is 2.06. The van der Waals surface area contributed by atoms with Crippen molar-refractivity contribution in [3.63, 3.8) is 0 Å². The van der Waals surface area contributed by atoms with Crippen LogP contribution in [-0.2, 0) is 0 Å². The second-order valence-electron chi connectivity index (χ2n) is 3.86. The Morgan fingerprint density at radius 2 is 1.50 bits per heavy atom. The Morgan fingerprint density at radius 1 is 0.857 bits per heavy atom. The van der Waals surface area contributed by atoms with Crippen molar-refractivity contribution in [1.29, 1.82) is 0 Å². The lowest BCUT2D eigenvalue weighted by Crippen LogP contribution is -2.18. The standard InChI is InChI=1S/C12H27NS/c1-3-4-5-6-7-8-9-10-13-11-12-14-2/h13H,3-12H2,1-2H3. The van der Waals surface area contributed by atoms with E-state index in [4.69, 9.17) is 0 Å². The summed E-state index contributed by atoms with van der Waals surface area (Å²) in [5, 5.41) is 3.47. The summed E-state index contributed by atoms with van der Waals surface area (Å²) >= 11 is 1.92. The topological polar surface area (TPSA) is 12.0 Å². The normalized spacial score (nSPS) is 10.7. The van der Waals surface area contributed by atoms with Gasteiger partial charge in [-0.3, -0.25) is 0 Å². The van der Waals surface area contributed by atoms with E-state index in [9.17, 15) is 0 Å². The maximum atomic E-state index is 3.47. The van der Waals surface area contributed by atoms with Crippen LogP contribution in [0.25, 0.3) is 0 Å². The summed E-state index contributed by atoms with van der Waals surface area (Å²) in [6.45, 7) is 4.67. The van der Waals surface area contributed by atoms with E-state index in [1.807, 2.05) is 11.8 Å². The Labute approximate surface area is 94.4 Å². The van der Waals surface area contributed by atoms with Crippen LogP contribution in [-0.4, -0.2) is 25.1 Å². The van der Waals surface area contributed by atoms with Gasteiger partial charge in [-0.15, -0.1) is 0 Å². The van der Waals surface area contributed by atoms with Gasteiger partial charge in [0.25, 0.3) is 0 Å². The largest absolute Gasteiger partial charge is 0.316 e. The lowest BCUT2D eigenvalue weighted by molar-refractivity contribution is 0.569. The quantitative estimate of drug-likeness (QED) is 0.530. The van der Waals surface area contributed by atoms with Crippen LogP contribution >= 0.6 is 11.8 Å². The second kappa shape index (κ2) is 13.3. The molecule has 0 saturated heterocycles. The van der Waals surface area contributed by atoms with Crippen molar-refractivity contribution in [2.75, 3.05) is 25.1 Å². The lowest BCUT2D eigenvalue weighted by atomic mass is 10.1. The Morgan fingerprint density at radius 3 is 2.14 bits per heavy atom. The Kier molecular flexibility index (Phi) is 13.6. The van der Waals surface area contributed by atoms with Crippen molar-refractivity contribution in [3.05, 3.63) is 0 Å². The molecule has 0 bridgehead atoms. The van der Waals surface area contributed by atoms with E-state index < -0.39 is 0 Å². The van der Waals surface area contributed by atoms with E-state index in [1.165, 1.54) is 63.8 Å². The molecule has 0 aliphatic rings. The third-order valence-corrected chi connectivity index (χ3v) is 3.05. The van der Waals surface area contributed by atoms with Gasteiger partial charge in [-0.2, -0.15) is 11.8 Å². The molecule has 0 spiro atoms. The van der Waals surface area contributed by atoms with E-state index in [0.717, 1.165) is 0 Å². The third kappa shape index (κ3) is 12.3. The number of nitrogens with one attached hydrogen (secondary N) is 1. The Hall–Kier alpha value is 0.310. The summed E-state index contributed by atoms with van der Waals surface area (Å²) in [5.41, 5.74) is 0. The van der Waals surface area contributed by atoms with Crippen LogP contribution in [0.5, 0.6) is 0 Å². The molecule has 14 heavy (non-hydrogen) atoms. The number of unbranched alkanes of at least 4 members (excludes halogenated alkanes) is 6. The fourth-order valence-corrected chi connectivity index (χ4v) is 1.85. The van der Waals surface area contributed by atoms with Crippen molar-refractivity contribution in [2.45, 2.75) is 51.9 Å². The smallest absolute Gasteiger partial charge is 0.00553 e. The van der Waals surface area contributed by atoms with Crippen LogP contribution in [0.2, 0.25) is 0 Å². The molecule has 0 fully saturated rings. The molecule has 0 saturated carbocycles. The van der Waals surface area contributed by atoms with Gasteiger partial charge in [-0.25, -0.2) is 0 Å². The van der Waals surface area contributed by atoms with Crippen molar-refractivity contribution in [1.82, 2.24) is 5.32 Å². The molecule has 0 amide bonds. The SMILES string of the molecule is CCCCCCCCCNCCSC. The molecular weight excluding hydrogens is 190 g/mol. The van der Waals surface area contributed by atoms with Gasteiger partial charge in [-0.1, -0.05) is 45.4 Å². The summed E-state index contributed by atoms with van der Waals surface area (Å²) in [6.07, 6.45) is 12.0. The highest BCUT2D eigenvalue weighted by molar-refractivity contribution is 7.98. The van der Waals surface area contributed by atoms with Crippen LogP contribution < -0.4 is 5.32 Å². The molecule has 0 aromatic heterocycles. The monoisotopic (exact) mass is 217 g/mol. The van der Waals surface area contributed by atoms with Crippen molar-refractivity contribution in [2.24, 2.45) is 0 Å². The Bertz CT molecular complexity index is 84.3. The van der Waals surface area contributed by atoms with Gasteiger partial charge in [0.2, 0.25) is 0 Å². The highest BCUT2D eigenvalue weighted by atomic mass is 32.2. The number of thioether (sulfide) groups is 1. The van der Waals surface area contributed by atoms with E-state index >= 15 is 0 Å². The number of hydrogen-bond donors (Lipinski definition) is 1. The van der Waals surface area contributed by atoms with Crippen LogP contribution in [0.1, 0.15) is 51.9 Å². The van der Waals surface area contributed by atoms with Crippen LogP contribution in [0.3, 0.4) is 0 Å². The third-order valence-electron chi connectivity index (χ3n) is 2.44. The predicted molar refractivity (Wildman–Crippen MR) is 69.2 cm³/mol. The molecular formula is C12H27NS. The maximum Gasteiger partial charge on any atom is 0.00553 e. The molecule has 0 aliphatic carbocycles. The zero-order chi connectivity index (χ0) is 10.5. The predicted octanol–water partition coefficient (Wildman–Crippen LogP) is 3.69. The first-order valence-electron chi connectivity index (χ1n) is 6.11. The second-order valence-corrected chi connectivity index (χ2v) is 4.85. The zero-order valence-corrected chi connectivity index (χ0v) is 10.8. The lowest BCUT2D eigenvalue weighted by Gasteiger charge is -2.03. The number of rotatable bonds is 11. The van der Waals surface area contributed by atoms with Crippen LogP contribution in [0, 0.1) is 0 Å². The summed E-state index contributed by atoms with van der Waals surface area (Å²) in [6, 6.07) is 0. The molecule has 0 heterocycles. The van der Waals surface area contributed by atoms with Crippen LogP contribution in [0.4, 0.5) is 0 Å². The summed E-state index contributed by atoms with van der Waals surface area (Å²) < 4.78 is 0. The van der Waals surface area contributed by atoms with Gasteiger partial charge in [0.1, 0.15) is 0 Å².